The van der Waals surface area contributed by atoms with Crippen molar-refractivity contribution in [3.8, 4) is 11.5 Å². The van der Waals surface area contributed by atoms with Crippen LogP contribution in [-0.2, 0) is 13.6 Å². The Bertz CT molecular complexity index is 580. The molecule has 1 N–H and O–H groups in total. The minimum absolute atomic E-state index is 0.00287. The van der Waals surface area contributed by atoms with Crippen LogP contribution in [0.4, 0.5) is 0 Å². The summed E-state index contributed by atoms with van der Waals surface area (Å²) in [6, 6.07) is 7.70. The van der Waals surface area contributed by atoms with Crippen molar-refractivity contribution in [1.82, 2.24) is 15.1 Å². The lowest BCUT2D eigenvalue weighted by atomic mass is 10.2. The van der Waals surface area contributed by atoms with Crippen LogP contribution in [0.2, 0.25) is 5.02 Å². The molecule has 2 aromatic rings. The van der Waals surface area contributed by atoms with E-state index in [2.05, 4.69) is 10.4 Å². The Labute approximate surface area is 122 Å². The average molecular weight is 294 g/mol. The Hall–Kier alpha value is -1.72. The Balaban J connectivity index is 1.53. The highest BCUT2D eigenvalue weighted by Crippen LogP contribution is 2.30. The van der Waals surface area contributed by atoms with Crippen LogP contribution in [0.1, 0.15) is 5.69 Å². The van der Waals surface area contributed by atoms with Crippen molar-refractivity contribution in [1.29, 1.82) is 0 Å². The molecule has 2 heterocycles. The summed E-state index contributed by atoms with van der Waals surface area (Å²) < 4.78 is 13.3. The van der Waals surface area contributed by atoms with Crippen LogP contribution in [-0.4, -0.2) is 29.0 Å². The van der Waals surface area contributed by atoms with Crippen molar-refractivity contribution in [2.75, 3.05) is 13.2 Å². The number of nitrogens with zero attached hydrogens (tertiary/aromatic N) is 2. The number of halogens is 1. The van der Waals surface area contributed by atoms with E-state index < -0.39 is 0 Å². The molecule has 1 aliphatic rings. The molecule has 6 heteroatoms. The molecule has 1 aromatic heterocycles. The molecule has 0 fully saturated rings. The number of hydrogen-bond acceptors (Lipinski definition) is 4. The van der Waals surface area contributed by atoms with E-state index in [1.807, 2.05) is 31.3 Å². The third kappa shape index (κ3) is 2.73. The molecule has 0 saturated carbocycles. The minimum atomic E-state index is -0.00287. The van der Waals surface area contributed by atoms with Gasteiger partial charge in [-0.15, -0.1) is 0 Å². The largest absolute Gasteiger partial charge is 0.486 e. The highest BCUT2D eigenvalue weighted by molar-refractivity contribution is 6.31. The zero-order valence-corrected chi connectivity index (χ0v) is 11.9. The second-order valence-corrected chi connectivity index (χ2v) is 5.10. The molecule has 1 aliphatic heterocycles. The number of aryl methyl sites for hydroxylation is 1. The molecule has 1 atom stereocenters. The van der Waals surface area contributed by atoms with Crippen molar-refractivity contribution >= 4 is 11.6 Å². The zero-order chi connectivity index (χ0) is 13.9. The van der Waals surface area contributed by atoms with Crippen LogP contribution in [0.15, 0.2) is 30.5 Å². The van der Waals surface area contributed by atoms with Gasteiger partial charge in [-0.05, 0) is 12.1 Å². The van der Waals surface area contributed by atoms with E-state index in [9.17, 15) is 0 Å². The Morgan fingerprint density at radius 1 is 1.40 bits per heavy atom. The molecule has 0 saturated heterocycles. The summed E-state index contributed by atoms with van der Waals surface area (Å²) in [5.41, 5.74) is 0.962. The second-order valence-electron chi connectivity index (χ2n) is 4.69. The zero-order valence-electron chi connectivity index (χ0n) is 11.2. The fraction of sp³-hybridized carbons (Fsp3) is 0.357. The summed E-state index contributed by atoms with van der Waals surface area (Å²) in [6.07, 6.45) is 1.64. The van der Waals surface area contributed by atoms with Crippen molar-refractivity contribution in [2.45, 2.75) is 12.6 Å². The maximum Gasteiger partial charge on any atom is 0.161 e. The fourth-order valence-corrected chi connectivity index (χ4v) is 2.38. The number of para-hydroxylation sites is 2. The van der Waals surface area contributed by atoms with Crippen LogP contribution >= 0.6 is 11.6 Å². The van der Waals surface area contributed by atoms with Crippen molar-refractivity contribution in [3.63, 3.8) is 0 Å². The molecule has 106 valence electrons. The lowest BCUT2D eigenvalue weighted by Crippen LogP contribution is -2.38. The first-order chi connectivity index (χ1) is 9.74. The minimum Gasteiger partial charge on any atom is -0.486 e. The van der Waals surface area contributed by atoms with Crippen LogP contribution in [0, 0.1) is 0 Å². The van der Waals surface area contributed by atoms with Gasteiger partial charge in [0.1, 0.15) is 12.7 Å². The number of nitrogens with one attached hydrogen (secondary N) is 1. The molecule has 20 heavy (non-hydrogen) atoms. The summed E-state index contributed by atoms with van der Waals surface area (Å²) in [5.74, 6) is 1.60. The predicted octanol–water partition coefficient (Wildman–Crippen LogP) is 2.00. The van der Waals surface area contributed by atoms with Gasteiger partial charge in [0.05, 0.1) is 16.9 Å². The maximum atomic E-state index is 6.05. The van der Waals surface area contributed by atoms with Crippen LogP contribution in [0.25, 0.3) is 0 Å². The van der Waals surface area contributed by atoms with Gasteiger partial charge in [-0.1, -0.05) is 23.7 Å². The summed E-state index contributed by atoms with van der Waals surface area (Å²) in [4.78, 5) is 0. The quantitative estimate of drug-likeness (QED) is 0.937. The van der Waals surface area contributed by atoms with E-state index in [0.29, 0.717) is 24.7 Å². The van der Waals surface area contributed by atoms with Gasteiger partial charge in [0, 0.05) is 20.1 Å². The van der Waals surface area contributed by atoms with Crippen LogP contribution in [0.5, 0.6) is 11.5 Å². The first-order valence-corrected chi connectivity index (χ1v) is 6.87. The predicted molar refractivity (Wildman–Crippen MR) is 76.3 cm³/mol. The summed E-state index contributed by atoms with van der Waals surface area (Å²) in [7, 11) is 1.87. The smallest absolute Gasteiger partial charge is 0.161 e. The first-order valence-electron chi connectivity index (χ1n) is 6.49. The average Bonchev–Trinajstić information content (AvgIpc) is 2.79. The number of rotatable bonds is 4. The monoisotopic (exact) mass is 293 g/mol. The summed E-state index contributed by atoms with van der Waals surface area (Å²) >= 11 is 6.05. The molecule has 1 aromatic carbocycles. The standard InChI is InChI=1S/C14H16ClN3O2/c1-18-12(11(15)7-17-18)8-16-6-10-9-19-13-4-2-3-5-14(13)20-10/h2-5,7,10,16H,6,8-9H2,1H3/t10-/m0/s1. The highest BCUT2D eigenvalue weighted by atomic mass is 35.5. The molecule has 0 aliphatic carbocycles. The van der Waals surface area contributed by atoms with Crippen LogP contribution in [0.3, 0.4) is 0 Å². The van der Waals surface area contributed by atoms with Crippen LogP contribution < -0.4 is 14.8 Å². The lowest BCUT2D eigenvalue weighted by Gasteiger charge is -2.26. The number of benzene rings is 1. The summed E-state index contributed by atoms with van der Waals surface area (Å²) in [6.45, 7) is 1.88. The Morgan fingerprint density at radius 2 is 2.20 bits per heavy atom. The van der Waals surface area contributed by atoms with Crippen molar-refractivity contribution < 1.29 is 9.47 Å². The molecule has 0 amide bonds. The highest BCUT2D eigenvalue weighted by Gasteiger charge is 2.20. The normalized spacial score (nSPS) is 17.2. The third-order valence-electron chi connectivity index (χ3n) is 3.24. The molecule has 5 nitrogen and oxygen atoms in total. The number of aromatic nitrogens is 2. The van der Waals surface area contributed by atoms with E-state index in [4.69, 9.17) is 21.1 Å². The molecule has 0 unspecified atom stereocenters. The second kappa shape index (κ2) is 5.73. The molecular weight excluding hydrogens is 278 g/mol. The van der Waals surface area contributed by atoms with Gasteiger partial charge < -0.3 is 14.8 Å². The topological polar surface area (TPSA) is 48.3 Å². The van der Waals surface area contributed by atoms with Crippen molar-refractivity contribution in [2.24, 2.45) is 7.05 Å². The van der Waals surface area contributed by atoms with Gasteiger partial charge in [0.15, 0.2) is 11.5 Å². The van der Waals surface area contributed by atoms with Gasteiger partial charge in [-0.3, -0.25) is 4.68 Å². The van der Waals surface area contributed by atoms with Gasteiger partial charge in [-0.25, -0.2) is 0 Å². The Kier molecular flexibility index (Phi) is 3.80. The summed E-state index contributed by atoms with van der Waals surface area (Å²) in [5, 5.41) is 8.09. The lowest BCUT2D eigenvalue weighted by molar-refractivity contribution is 0.0901. The Morgan fingerprint density at radius 3 is 2.95 bits per heavy atom. The molecule has 0 spiro atoms. The van der Waals surface area contributed by atoms with E-state index in [0.717, 1.165) is 17.2 Å². The van der Waals surface area contributed by atoms with E-state index in [-0.39, 0.29) is 6.10 Å². The molecule has 0 bridgehead atoms. The number of hydrogen-bond donors (Lipinski definition) is 1. The molecular formula is C14H16ClN3O2. The molecule has 3 rings (SSSR count). The third-order valence-corrected chi connectivity index (χ3v) is 3.56. The maximum absolute atomic E-state index is 6.05. The van der Waals surface area contributed by atoms with Gasteiger partial charge in [0.2, 0.25) is 0 Å². The number of ether oxygens (including phenoxy) is 2. The van der Waals surface area contributed by atoms with Gasteiger partial charge in [-0.2, -0.15) is 5.10 Å². The fourth-order valence-electron chi connectivity index (χ4n) is 2.15. The van der Waals surface area contributed by atoms with E-state index in [1.54, 1.807) is 10.9 Å². The van der Waals surface area contributed by atoms with E-state index in [1.165, 1.54) is 0 Å². The van der Waals surface area contributed by atoms with E-state index >= 15 is 0 Å². The van der Waals surface area contributed by atoms with Gasteiger partial charge in [0.25, 0.3) is 0 Å². The van der Waals surface area contributed by atoms with Gasteiger partial charge >= 0.3 is 0 Å². The first kappa shape index (κ1) is 13.3. The molecule has 0 radical (unpaired) electrons. The van der Waals surface area contributed by atoms with Crippen molar-refractivity contribution in [3.05, 3.63) is 41.2 Å². The SMILES string of the molecule is Cn1ncc(Cl)c1CNC[C@H]1COc2ccccc2O1. The number of fused-ring (bicyclic) bond motifs is 1.